The number of rotatable bonds is 6. The van der Waals surface area contributed by atoms with Crippen molar-refractivity contribution in [1.29, 1.82) is 0 Å². The minimum Gasteiger partial charge on any atom is -0.465 e. The molecule has 0 unspecified atom stereocenters. The molecule has 33 heavy (non-hydrogen) atoms. The highest BCUT2D eigenvalue weighted by atomic mass is 16.6. The van der Waals surface area contributed by atoms with Crippen molar-refractivity contribution in [1.82, 2.24) is 0 Å². The number of hydrogen-bond donors (Lipinski definition) is 0. The van der Waals surface area contributed by atoms with Gasteiger partial charge < -0.3 is 9.47 Å². The second-order valence-electron chi connectivity index (χ2n) is 6.71. The number of carbonyl (C=O) groups is 2. The Bertz CT molecular complexity index is 1080. The number of esters is 2. The molecule has 0 aromatic heterocycles. The quantitative estimate of drug-likeness (QED) is 0.390. The van der Waals surface area contributed by atoms with Gasteiger partial charge in [-0.15, -0.1) is 0 Å². The minimum absolute atomic E-state index is 0.114. The summed E-state index contributed by atoms with van der Waals surface area (Å²) in [6, 6.07) is 18.8. The predicted molar refractivity (Wildman–Crippen MR) is 127 cm³/mol. The van der Waals surface area contributed by atoms with E-state index in [0.717, 1.165) is 11.1 Å². The van der Waals surface area contributed by atoms with E-state index in [0.29, 0.717) is 0 Å². The van der Waals surface area contributed by atoms with Crippen LogP contribution in [0.25, 0.3) is 0 Å². The number of hydrogen-bond acceptors (Lipinski definition) is 4. The Hall–Kier alpha value is -4.38. The molecule has 0 aliphatic heterocycles. The molecule has 0 spiro atoms. The molecule has 2 aromatic carbocycles. The maximum absolute atomic E-state index is 12.8. The summed E-state index contributed by atoms with van der Waals surface area (Å²) in [5.74, 6) is 20.9. The van der Waals surface area contributed by atoms with Crippen molar-refractivity contribution in [3.05, 3.63) is 71.8 Å². The molecule has 164 valence electrons. The van der Waals surface area contributed by atoms with E-state index in [4.69, 9.17) is 9.47 Å². The fraction of sp³-hybridized carbons (Fsp3) is 0.241. The summed E-state index contributed by atoms with van der Waals surface area (Å²) >= 11 is 0. The van der Waals surface area contributed by atoms with Gasteiger partial charge in [-0.2, -0.15) is 0 Å². The molecule has 0 aliphatic rings. The van der Waals surface area contributed by atoms with E-state index in [1.807, 2.05) is 60.7 Å². The van der Waals surface area contributed by atoms with Gasteiger partial charge in [0.15, 0.2) is 5.41 Å². The zero-order valence-electron chi connectivity index (χ0n) is 18.7. The van der Waals surface area contributed by atoms with Gasteiger partial charge in [0.1, 0.15) is 0 Å². The van der Waals surface area contributed by atoms with Crippen LogP contribution in [0, 0.1) is 52.8 Å². The molecule has 0 amide bonds. The standard InChI is InChI=1S/C29H24O4/c1-3-32-27(30)29(28(31)33-4-2,23-15-7-13-21-25-17-9-5-10-18-25)24-16-8-14-22-26-19-11-6-12-20-26/h5-6,9-12,17-20H,3-4,23-24H2,1-2H3. The SMILES string of the molecule is CCOC(=O)C(CC#CC#Cc1ccccc1)(CC#CC#Cc1ccccc1)C(=O)OCC. The molecule has 0 aliphatic carbocycles. The molecule has 0 atom stereocenters. The highest BCUT2D eigenvalue weighted by Gasteiger charge is 2.48. The molecule has 0 fully saturated rings. The van der Waals surface area contributed by atoms with Crippen LogP contribution in [0.1, 0.15) is 37.8 Å². The van der Waals surface area contributed by atoms with Crippen molar-refractivity contribution in [2.24, 2.45) is 5.41 Å². The fourth-order valence-electron chi connectivity index (χ4n) is 2.70. The van der Waals surface area contributed by atoms with Gasteiger partial charge in [0.05, 0.1) is 13.2 Å². The van der Waals surface area contributed by atoms with Crippen LogP contribution >= 0.6 is 0 Å². The van der Waals surface area contributed by atoms with E-state index in [2.05, 4.69) is 47.4 Å². The van der Waals surface area contributed by atoms with Crippen molar-refractivity contribution >= 4 is 11.9 Å². The Morgan fingerprint density at radius 2 is 1.06 bits per heavy atom. The number of benzene rings is 2. The van der Waals surface area contributed by atoms with Gasteiger partial charge in [-0.3, -0.25) is 9.59 Å². The third kappa shape index (κ3) is 7.99. The summed E-state index contributed by atoms with van der Waals surface area (Å²) in [7, 11) is 0. The van der Waals surface area contributed by atoms with Gasteiger partial charge >= 0.3 is 11.9 Å². The minimum atomic E-state index is -1.67. The van der Waals surface area contributed by atoms with Crippen LogP contribution in [-0.2, 0) is 19.1 Å². The summed E-state index contributed by atoms with van der Waals surface area (Å²) in [5.41, 5.74) is -0.0390. The van der Waals surface area contributed by atoms with E-state index < -0.39 is 17.4 Å². The van der Waals surface area contributed by atoms with Gasteiger partial charge in [-0.25, -0.2) is 0 Å². The largest absolute Gasteiger partial charge is 0.465 e. The van der Waals surface area contributed by atoms with Gasteiger partial charge in [-0.05, 0) is 61.8 Å². The van der Waals surface area contributed by atoms with Gasteiger partial charge in [-0.1, -0.05) is 60.1 Å². The molecule has 4 nitrogen and oxygen atoms in total. The highest BCUT2D eigenvalue weighted by Crippen LogP contribution is 2.30. The fourth-order valence-corrected chi connectivity index (χ4v) is 2.70. The lowest BCUT2D eigenvalue weighted by atomic mass is 9.81. The zero-order chi connectivity index (χ0) is 23.8. The summed E-state index contributed by atoms with van der Waals surface area (Å²) in [4.78, 5) is 25.6. The zero-order valence-corrected chi connectivity index (χ0v) is 18.7. The molecule has 0 radical (unpaired) electrons. The lowest BCUT2D eigenvalue weighted by Crippen LogP contribution is -2.41. The van der Waals surface area contributed by atoms with Crippen LogP contribution < -0.4 is 0 Å². The molecular weight excluding hydrogens is 412 g/mol. The molecule has 2 rings (SSSR count). The van der Waals surface area contributed by atoms with Crippen molar-refractivity contribution in [2.75, 3.05) is 13.2 Å². The Labute approximate surface area is 195 Å². The third-order valence-electron chi connectivity index (χ3n) is 4.38. The number of carbonyl (C=O) groups excluding carboxylic acids is 2. The van der Waals surface area contributed by atoms with E-state index in [-0.39, 0.29) is 26.1 Å². The molecule has 2 aromatic rings. The van der Waals surface area contributed by atoms with Crippen LogP contribution in [0.2, 0.25) is 0 Å². The van der Waals surface area contributed by atoms with Crippen molar-refractivity contribution in [3.8, 4) is 47.4 Å². The normalized spacial score (nSPS) is 9.27. The summed E-state index contributed by atoms with van der Waals surface area (Å²) in [6.07, 6.45) is -0.260. The molecule has 0 N–H and O–H groups in total. The van der Waals surface area contributed by atoms with Crippen molar-refractivity contribution in [2.45, 2.75) is 26.7 Å². The monoisotopic (exact) mass is 436 g/mol. The first-order valence-electron chi connectivity index (χ1n) is 10.5. The molecular formula is C29H24O4. The maximum atomic E-state index is 12.8. The molecule has 0 saturated carbocycles. The smallest absolute Gasteiger partial charge is 0.325 e. The van der Waals surface area contributed by atoms with Crippen LogP contribution in [0.3, 0.4) is 0 Å². The Morgan fingerprint density at radius 1 is 0.667 bits per heavy atom. The van der Waals surface area contributed by atoms with Crippen LogP contribution in [0.5, 0.6) is 0 Å². The topological polar surface area (TPSA) is 52.6 Å². The van der Waals surface area contributed by atoms with E-state index in [1.165, 1.54) is 0 Å². The first-order valence-corrected chi connectivity index (χ1v) is 10.5. The summed E-state index contributed by atoms with van der Waals surface area (Å²) < 4.78 is 10.4. The molecule has 0 bridgehead atoms. The second-order valence-corrected chi connectivity index (χ2v) is 6.71. The van der Waals surface area contributed by atoms with E-state index in [9.17, 15) is 9.59 Å². The van der Waals surface area contributed by atoms with Crippen LogP contribution in [-0.4, -0.2) is 25.2 Å². The van der Waals surface area contributed by atoms with Crippen LogP contribution in [0.4, 0.5) is 0 Å². The van der Waals surface area contributed by atoms with Gasteiger partial charge in [0.25, 0.3) is 0 Å². The first kappa shape index (κ1) is 24.9. The van der Waals surface area contributed by atoms with Crippen LogP contribution in [0.15, 0.2) is 60.7 Å². The van der Waals surface area contributed by atoms with E-state index >= 15 is 0 Å². The molecule has 0 saturated heterocycles. The first-order chi connectivity index (χ1) is 16.1. The average Bonchev–Trinajstić information content (AvgIpc) is 2.84. The average molecular weight is 437 g/mol. The molecule has 0 heterocycles. The molecule has 4 heteroatoms. The van der Waals surface area contributed by atoms with Gasteiger partial charge in [0.2, 0.25) is 0 Å². The summed E-state index contributed by atoms with van der Waals surface area (Å²) in [5, 5.41) is 0. The second kappa shape index (κ2) is 13.8. The Morgan fingerprint density at radius 3 is 1.42 bits per heavy atom. The van der Waals surface area contributed by atoms with Gasteiger partial charge in [0, 0.05) is 24.0 Å². The Balaban J connectivity index is 2.28. The lowest BCUT2D eigenvalue weighted by Gasteiger charge is -2.25. The Kier molecular flexibility index (Phi) is 10.4. The maximum Gasteiger partial charge on any atom is 0.325 e. The third-order valence-corrected chi connectivity index (χ3v) is 4.38. The van der Waals surface area contributed by atoms with Crippen molar-refractivity contribution in [3.63, 3.8) is 0 Å². The predicted octanol–water partition coefficient (Wildman–Crippen LogP) is 3.99. The highest BCUT2D eigenvalue weighted by molar-refractivity contribution is 6.00. The summed E-state index contributed by atoms with van der Waals surface area (Å²) in [6.45, 7) is 3.56. The van der Waals surface area contributed by atoms with E-state index in [1.54, 1.807) is 13.8 Å². The number of ether oxygens (including phenoxy) is 2. The lowest BCUT2D eigenvalue weighted by molar-refractivity contribution is -0.171. The van der Waals surface area contributed by atoms with Crippen molar-refractivity contribution < 1.29 is 19.1 Å².